The molecule has 1 atom stereocenters. The van der Waals surface area contributed by atoms with E-state index in [4.69, 9.17) is 9.26 Å². The van der Waals surface area contributed by atoms with E-state index in [1.54, 1.807) is 11.3 Å². The Balaban J connectivity index is 1.47. The van der Waals surface area contributed by atoms with Crippen LogP contribution in [0.3, 0.4) is 0 Å². The second-order valence-electron chi connectivity index (χ2n) is 8.15. The zero-order valence-electron chi connectivity index (χ0n) is 16.7. The Hall–Kier alpha value is -1.77. The van der Waals surface area contributed by atoms with Crippen LogP contribution in [0.25, 0.3) is 0 Å². The van der Waals surface area contributed by atoms with Crippen LogP contribution in [0.2, 0.25) is 0 Å². The number of rotatable bonds is 5. The van der Waals surface area contributed by atoms with E-state index in [2.05, 4.69) is 34.6 Å². The minimum atomic E-state index is -0.330. The molecular formula is C20H28N4O3S. The van der Waals surface area contributed by atoms with Gasteiger partial charge < -0.3 is 19.9 Å². The molecule has 152 valence electrons. The topological polar surface area (TPSA) is 89.3 Å². The molecule has 1 amide bonds. The maximum atomic E-state index is 12.9. The lowest BCUT2D eigenvalue weighted by atomic mass is 9.86. The van der Waals surface area contributed by atoms with Gasteiger partial charge in [-0.3, -0.25) is 4.79 Å². The van der Waals surface area contributed by atoms with Crippen LogP contribution in [0, 0.1) is 5.92 Å². The smallest absolute Gasteiger partial charge is 0.262 e. The van der Waals surface area contributed by atoms with Crippen molar-refractivity contribution in [2.75, 3.05) is 19.7 Å². The first-order chi connectivity index (χ1) is 13.5. The first-order valence-electron chi connectivity index (χ1n) is 10.1. The number of ether oxygens (including phenoxy) is 1. The van der Waals surface area contributed by atoms with Crippen molar-refractivity contribution in [3.05, 3.63) is 33.1 Å². The van der Waals surface area contributed by atoms with Gasteiger partial charge in [0.1, 0.15) is 11.6 Å². The minimum Gasteiger partial charge on any atom is -0.369 e. The molecule has 2 aliphatic heterocycles. The van der Waals surface area contributed by atoms with Gasteiger partial charge in [0.05, 0.1) is 11.5 Å². The fourth-order valence-corrected chi connectivity index (χ4v) is 5.27. The molecule has 0 saturated carbocycles. The Kier molecular flexibility index (Phi) is 5.53. The number of hydrogen-bond acceptors (Lipinski definition) is 7. The van der Waals surface area contributed by atoms with E-state index >= 15 is 0 Å². The lowest BCUT2D eigenvalue weighted by molar-refractivity contribution is -0.0771. The van der Waals surface area contributed by atoms with E-state index in [-0.39, 0.29) is 17.6 Å². The van der Waals surface area contributed by atoms with Gasteiger partial charge in [-0.2, -0.15) is 4.98 Å². The van der Waals surface area contributed by atoms with Crippen LogP contribution >= 0.6 is 11.3 Å². The molecule has 0 aromatic carbocycles. The molecule has 0 radical (unpaired) electrons. The van der Waals surface area contributed by atoms with Crippen LogP contribution in [0.5, 0.6) is 0 Å². The van der Waals surface area contributed by atoms with Crippen LogP contribution in [0.15, 0.2) is 10.6 Å². The van der Waals surface area contributed by atoms with E-state index < -0.39 is 0 Å². The number of aromatic nitrogens is 2. The van der Waals surface area contributed by atoms with Crippen molar-refractivity contribution in [2.24, 2.45) is 5.92 Å². The highest BCUT2D eigenvalue weighted by atomic mass is 32.1. The maximum absolute atomic E-state index is 12.9. The van der Waals surface area contributed by atoms with E-state index in [1.165, 1.54) is 10.4 Å². The maximum Gasteiger partial charge on any atom is 0.262 e. The molecule has 8 heteroatoms. The normalized spacial score (nSPS) is 19.6. The van der Waals surface area contributed by atoms with Gasteiger partial charge in [-0.15, -0.1) is 11.3 Å². The summed E-state index contributed by atoms with van der Waals surface area (Å²) in [6.07, 6.45) is 3.54. The minimum absolute atomic E-state index is 0.0976. The average molecular weight is 405 g/mol. The van der Waals surface area contributed by atoms with Crippen molar-refractivity contribution in [1.82, 2.24) is 20.8 Å². The monoisotopic (exact) mass is 404 g/mol. The number of hydrogen-bond donors (Lipinski definition) is 2. The van der Waals surface area contributed by atoms with Crippen molar-refractivity contribution in [3.8, 4) is 0 Å². The zero-order valence-corrected chi connectivity index (χ0v) is 17.5. The van der Waals surface area contributed by atoms with Crippen LogP contribution in [-0.4, -0.2) is 35.7 Å². The van der Waals surface area contributed by atoms with E-state index in [1.807, 2.05) is 13.0 Å². The second kappa shape index (κ2) is 7.93. The summed E-state index contributed by atoms with van der Waals surface area (Å²) in [5.74, 6) is 1.49. The molecule has 2 aromatic rings. The van der Waals surface area contributed by atoms with Crippen molar-refractivity contribution >= 4 is 17.2 Å². The Morgan fingerprint density at radius 2 is 2.14 bits per heavy atom. The van der Waals surface area contributed by atoms with E-state index in [0.717, 1.165) is 50.3 Å². The summed E-state index contributed by atoms with van der Waals surface area (Å²) in [6.45, 7) is 8.71. The van der Waals surface area contributed by atoms with Crippen LogP contribution in [0.4, 0.5) is 0 Å². The highest BCUT2D eigenvalue weighted by molar-refractivity contribution is 7.14. The summed E-state index contributed by atoms with van der Waals surface area (Å²) in [4.78, 5) is 19.2. The number of carbonyl (C=O) groups excluding carboxylic acids is 1. The molecule has 2 aliphatic rings. The van der Waals surface area contributed by atoms with E-state index in [9.17, 15) is 4.79 Å². The molecule has 28 heavy (non-hydrogen) atoms. The quantitative estimate of drug-likeness (QED) is 0.796. The summed E-state index contributed by atoms with van der Waals surface area (Å²) in [5.41, 5.74) is 1.04. The third kappa shape index (κ3) is 3.86. The Bertz CT molecular complexity index is 838. The Morgan fingerprint density at radius 1 is 1.36 bits per heavy atom. The van der Waals surface area contributed by atoms with Crippen molar-refractivity contribution in [2.45, 2.75) is 58.1 Å². The van der Waals surface area contributed by atoms with Gasteiger partial charge in [0, 0.05) is 11.3 Å². The standard InChI is InChI=1S/C20H28N4O3S/c1-12(2)10-16-23-19(27-24-16)13(3)22-18(25)15-11-14-4-9-26-20(17(14)28-15)5-7-21-8-6-20/h11-13,21H,4-10H2,1-3H3,(H,22,25). The van der Waals surface area contributed by atoms with Crippen molar-refractivity contribution in [1.29, 1.82) is 0 Å². The number of nitrogens with zero attached hydrogens (tertiary/aromatic N) is 2. The molecule has 4 heterocycles. The number of thiophene rings is 1. The molecule has 1 fully saturated rings. The number of fused-ring (bicyclic) bond motifs is 2. The summed E-state index contributed by atoms with van der Waals surface area (Å²) >= 11 is 1.57. The molecule has 0 aliphatic carbocycles. The predicted octanol–water partition coefficient (Wildman–Crippen LogP) is 2.97. The highest BCUT2D eigenvalue weighted by Crippen LogP contribution is 2.44. The number of nitrogens with one attached hydrogen (secondary N) is 2. The zero-order chi connectivity index (χ0) is 19.7. The second-order valence-corrected chi connectivity index (χ2v) is 9.20. The van der Waals surface area contributed by atoms with Crippen LogP contribution in [0.1, 0.15) is 71.5 Å². The third-order valence-corrected chi connectivity index (χ3v) is 6.76. The number of piperidine rings is 1. The molecule has 1 saturated heterocycles. The Labute approximate surface area is 169 Å². The van der Waals surface area contributed by atoms with Crippen molar-refractivity contribution < 1.29 is 14.1 Å². The first-order valence-corrected chi connectivity index (χ1v) is 10.9. The number of amides is 1. The average Bonchev–Trinajstić information content (AvgIpc) is 3.30. The molecule has 2 N–H and O–H groups in total. The molecule has 7 nitrogen and oxygen atoms in total. The first kappa shape index (κ1) is 19.5. The van der Waals surface area contributed by atoms with Crippen LogP contribution in [-0.2, 0) is 23.2 Å². The van der Waals surface area contributed by atoms with Crippen molar-refractivity contribution in [3.63, 3.8) is 0 Å². The van der Waals surface area contributed by atoms with Gasteiger partial charge in [-0.25, -0.2) is 0 Å². The summed E-state index contributed by atoms with van der Waals surface area (Å²) in [6, 6.07) is 1.70. The SMILES string of the molecule is CC(C)Cc1noc(C(C)NC(=O)c2cc3c(s2)C2(CCNCC2)OCC3)n1. The van der Waals surface area contributed by atoms with Gasteiger partial charge >= 0.3 is 0 Å². The Morgan fingerprint density at radius 3 is 2.89 bits per heavy atom. The largest absolute Gasteiger partial charge is 0.369 e. The fourth-order valence-electron chi connectivity index (χ4n) is 3.96. The molecule has 1 spiro atoms. The lowest BCUT2D eigenvalue weighted by Crippen LogP contribution is -2.43. The van der Waals surface area contributed by atoms with E-state index in [0.29, 0.717) is 17.6 Å². The lowest BCUT2D eigenvalue weighted by Gasteiger charge is -2.40. The summed E-state index contributed by atoms with van der Waals surface area (Å²) < 4.78 is 11.6. The van der Waals surface area contributed by atoms with Gasteiger partial charge in [0.15, 0.2) is 5.82 Å². The van der Waals surface area contributed by atoms with Crippen LogP contribution < -0.4 is 10.6 Å². The molecule has 2 aromatic heterocycles. The predicted molar refractivity (Wildman–Crippen MR) is 106 cm³/mol. The fraction of sp³-hybridized carbons (Fsp3) is 0.650. The third-order valence-electron chi connectivity index (χ3n) is 5.40. The molecule has 1 unspecified atom stereocenters. The highest BCUT2D eigenvalue weighted by Gasteiger charge is 2.41. The van der Waals surface area contributed by atoms with Gasteiger partial charge in [0.2, 0.25) is 5.89 Å². The molecule has 0 bridgehead atoms. The molecule has 4 rings (SSSR count). The number of carbonyl (C=O) groups is 1. The molecular weight excluding hydrogens is 376 g/mol. The van der Waals surface area contributed by atoms with Gasteiger partial charge in [-0.05, 0) is 56.8 Å². The van der Waals surface area contributed by atoms with Gasteiger partial charge in [-0.1, -0.05) is 19.0 Å². The summed E-state index contributed by atoms with van der Waals surface area (Å²) in [5, 5.41) is 10.4. The van der Waals surface area contributed by atoms with Gasteiger partial charge in [0.25, 0.3) is 5.91 Å². The summed E-state index contributed by atoms with van der Waals surface area (Å²) in [7, 11) is 0.